The zero-order valence-corrected chi connectivity index (χ0v) is 22.9. The molecule has 1 atom stereocenters. The molecule has 2 aromatic carbocycles. The van der Waals surface area contributed by atoms with Crippen LogP contribution in [-0.4, -0.2) is 38.3 Å². The fourth-order valence-corrected chi connectivity index (χ4v) is 5.92. The van der Waals surface area contributed by atoms with Crippen LogP contribution < -0.4 is 4.74 Å². The van der Waals surface area contributed by atoms with Gasteiger partial charge in [0.25, 0.3) is 0 Å². The van der Waals surface area contributed by atoms with Gasteiger partial charge in [-0.15, -0.1) is 11.3 Å². The van der Waals surface area contributed by atoms with Gasteiger partial charge in [-0.25, -0.2) is 19.2 Å². The number of benzene rings is 2. The third kappa shape index (κ3) is 5.42. The summed E-state index contributed by atoms with van der Waals surface area (Å²) in [5.41, 5.74) is 4.89. The highest BCUT2D eigenvalue weighted by Gasteiger charge is 2.26. The molecule has 1 aliphatic rings. The van der Waals surface area contributed by atoms with E-state index in [9.17, 15) is 14.3 Å². The minimum absolute atomic E-state index is 0.00361. The van der Waals surface area contributed by atoms with Crippen molar-refractivity contribution >= 4 is 27.7 Å². The molecule has 0 bridgehead atoms. The average Bonchev–Trinajstić information content (AvgIpc) is 3.46. The van der Waals surface area contributed by atoms with Gasteiger partial charge in [-0.3, -0.25) is 0 Å². The van der Waals surface area contributed by atoms with Gasteiger partial charge < -0.3 is 19.1 Å². The number of halogens is 1. The van der Waals surface area contributed by atoms with Crippen molar-refractivity contribution < 1.29 is 23.8 Å². The number of nitriles is 1. The predicted octanol–water partition coefficient (Wildman–Crippen LogP) is 6.14. The third-order valence-corrected chi connectivity index (χ3v) is 8.34. The molecule has 1 aliphatic heterocycles. The maximum atomic E-state index is 14.2. The van der Waals surface area contributed by atoms with Crippen molar-refractivity contribution in [1.29, 1.82) is 5.26 Å². The molecule has 206 valence electrons. The molecule has 0 radical (unpaired) electrons. The number of carboxylic acids is 1. The van der Waals surface area contributed by atoms with E-state index < -0.39 is 11.8 Å². The van der Waals surface area contributed by atoms with E-state index in [1.165, 1.54) is 23.5 Å². The van der Waals surface area contributed by atoms with Crippen LogP contribution in [0.15, 0.2) is 60.7 Å². The van der Waals surface area contributed by atoms with Crippen molar-refractivity contribution in [3.63, 3.8) is 0 Å². The SMILES string of the molecule is Cc1c(C(=O)O)sc2nc(Cc3ccc(-c4cccc(OCc5ccc(C#N)cc5F)n4)cc3)n(CC3CCO3)c12. The molecule has 4 heterocycles. The Labute approximate surface area is 239 Å². The van der Waals surface area contributed by atoms with E-state index in [-0.39, 0.29) is 18.3 Å². The van der Waals surface area contributed by atoms with Crippen LogP contribution in [0.5, 0.6) is 5.88 Å². The first-order chi connectivity index (χ1) is 19.9. The van der Waals surface area contributed by atoms with Crippen molar-refractivity contribution in [2.45, 2.75) is 39.0 Å². The van der Waals surface area contributed by atoms with Crippen LogP contribution in [-0.2, 0) is 24.3 Å². The van der Waals surface area contributed by atoms with Crippen LogP contribution in [0.2, 0.25) is 0 Å². The van der Waals surface area contributed by atoms with E-state index in [0.717, 1.165) is 51.6 Å². The summed E-state index contributed by atoms with van der Waals surface area (Å²) < 4.78 is 27.7. The fourth-order valence-electron chi connectivity index (χ4n) is 4.88. The molecule has 41 heavy (non-hydrogen) atoms. The van der Waals surface area contributed by atoms with Crippen LogP contribution in [0.4, 0.5) is 4.39 Å². The molecule has 8 nitrogen and oxygen atoms in total. The van der Waals surface area contributed by atoms with E-state index in [0.29, 0.717) is 29.3 Å². The number of hydrogen-bond donors (Lipinski definition) is 1. The van der Waals surface area contributed by atoms with E-state index in [4.69, 9.17) is 19.7 Å². The molecule has 0 saturated carbocycles. The summed E-state index contributed by atoms with van der Waals surface area (Å²) >= 11 is 1.21. The Morgan fingerprint density at radius 3 is 2.71 bits per heavy atom. The number of fused-ring (bicyclic) bond motifs is 1. The summed E-state index contributed by atoms with van der Waals surface area (Å²) in [6, 6.07) is 19.7. The Morgan fingerprint density at radius 2 is 2.02 bits per heavy atom. The monoisotopic (exact) mass is 568 g/mol. The Bertz CT molecular complexity index is 1800. The maximum Gasteiger partial charge on any atom is 0.346 e. The first kappa shape index (κ1) is 26.6. The normalized spacial score (nSPS) is 14.5. The largest absolute Gasteiger partial charge is 0.477 e. The lowest BCUT2D eigenvalue weighted by Gasteiger charge is -2.27. The second-order valence-electron chi connectivity index (χ2n) is 9.88. The summed E-state index contributed by atoms with van der Waals surface area (Å²) in [7, 11) is 0. The molecule has 0 amide bonds. The molecule has 0 spiro atoms. The number of aryl methyl sites for hydroxylation is 1. The summed E-state index contributed by atoms with van der Waals surface area (Å²) in [6.07, 6.45) is 1.67. The Kier molecular flexibility index (Phi) is 7.22. The zero-order chi connectivity index (χ0) is 28.5. The molecule has 6 rings (SSSR count). The molecule has 1 N–H and O–H groups in total. The minimum atomic E-state index is -0.932. The number of ether oxygens (including phenoxy) is 2. The molecule has 1 saturated heterocycles. The maximum absolute atomic E-state index is 14.2. The number of carbonyl (C=O) groups is 1. The smallest absolute Gasteiger partial charge is 0.346 e. The van der Waals surface area contributed by atoms with Crippen LogP contribution in [0.1, 0.15) is 44.2 Å². The van der Waals surface area contributed by atoms with Gasteiger partial charge in [0.1, 0.15) is 28.0 Å². The number of hydrogen-bond acceptors (Lipinski definition) is 7. The van der Waals surface area contributed by atoms with Crippen molar-refractivity contribution in [2.24, 2.45) is 0 Å². The van der Waals surface area contributed by atoms with Gasteiger partial charge in [-0.1, -0.05) is 36.4 Å². The van der Waals surface area contributed by atoms with E-state index in [1.807, 2.05) is 49.4 Å². The highest BCUT2D eigenvalue weighted by molar-refractivity contribution is 7.20. The van der Waals surface area contributed by atoms with E-state index >= 15 is 0 Å². The Hall–Kier alpha value is -4.59. The first-order valence-corrected chi connectivity index (χ1v) is 13.9. The standard InChI is InChI=1S/C31H25FN4O4S/c1-18-28-30(41-29(18)31(37)38)35-26(36(28)16-23-11-12-39-23)14-19-5-8-21(9-6-19)25-3-2-4-27(34-25)40-17-22-10-7-20(15-33)13-24(22)32/h2-10,13,23H,11-12,14,16-17H2,1H3,(H,37,38). The Balaban J connectivity index is 1.19. The zero-order valence-electron chi connectivity index (χ0n) is 22.1. The van der Waals surface area contributed by atoms with Crippen molar-refractivity contribution in [1.82, 2.24) is 14.5 Å². The lowest BCUT2D eigenvalue weighted by molar-refractivity contribution is -0.0589. The number of thiophene rings is 1. The van der Waals surface area contributed by atoms with Crippen LogP contribution in [0, 0.1) is 24.1 Å². The molecule has 0 aliphatic carbocycles. The van der Waals surface area contributed by atoms with Crippen LogP contribution >= 0.6 is 11.3 Å². The van der Waals surface area contributed by atoms with Crippen molar-refractivity contribution in [3.05, 3.63) is 99.4 Å². The summed E-state index contributed by atoms with van der Waals surface area (Å²) in [6.45, 7) is 3.22. The van der Waals surface area contributed by atoms with Gasteiger partial charge in [0.2, 0.25) is 5.88 Å². The topological polar surface area (TPSA) is 110 Å². The number of carboxylic acid groups (broad SMARTS) is 1. The third-order valence-electron chi connectivity index (χ3n) is 7.18. The lowest BCUT2D eigenvalue weighted by Crippen LogP contribution is -2.31. The fraction of sp³-hybridized carbons (Fsp3) is 0.226. The quantitative estimate of drug-likeness (QED) is 0.228. The molecule has 5 aromatic rings. The molecule has 10 heteroatoms. The van der Waals surface area contributed by atoms with E-state index in [1.54, 1.807) is 12.1 Å². The number of pyridine rings is 1. The second-order valence-corrected chi connectivity index (χ2v) is 10.9. The summed E-state index contributed by atoms with van der Waals surface area (Å²) in [4.78, 5) is 22.1. The van der Waals surface area contributed by atoms with Gasteiger partial charge in [0, 0.05) is 35.8 Å². The highest BCUT2D eigenvalue weighted by Crippen LogP contribution is 2.33. The number of aromatic carboxylic acids is 1. The van der Waals surface area contributed by atoms with Crippen molar-refractivity contribution in [2.75, 3.05) is 6.61 Å². The molecular weight excluding hydrogens is 543 g/mol. The number of nitrogens with zero attached hydrogens (tertiary/aromatic N) is 4. The molecule has 1 fully saturated rings. The number of aromatic nitrogens is 3. The van der Waals surface area contributed by atoms with Gasteiger partial charge in [0.05, 0.1) is 35.5 Å². The van der Waals surface area contributed by atoms with Gasteiger partial charge in [-0.2, -0.15) is 5.26 Å². The van der Waals surface area contributed by atoms with Crippen LogP contribution in [0.3, 0.4) is 0 Å². The second kappa shape index (κ2) is 11.1. The first-order valence-electron chi connectivity index (χ1n) is 13.1. The van der Waals surface area contributed by atoms with E-state index in [2.05, 4.69) is 9.55 Å². The molecular formula is C31H25FN4O4S. The summed E-state index contributed by atoms with van der Waals surface area (Å²) in [5.74, 6) is -0.183. The van der Waals surface area contributed by atoms with Gasteiger partial charge in [0.15, 0.2) is 0 Å². The van der Waals surface area contributed by atoms with Crippen LogP contribution in [0.25, 0.3) is 21.6 Å². The number of imidazole rings is 1. The highest BCUT2D eigenvalue weighted by atomic mass is 32.1. The van der Waals surface area contributed by atoms with Crippen molar-refractivity contribution in [3.8, 4) is 23.2 Å². The number of rotatable bonds is 9. The summed E-state index contributed by atoms with van der Waals surface area (Å²) in [5, 5.41) is 18.5. The minimum Gasteiger partial charge on any atom is -0.477 e. The lowest BCUT2D eigenvalue weighted by atomic mass is 10.1. The Morgan fingerprint density at radius 1 is 1.22 bits per heavy atom. The van der Waals surface area contributed by atoms with Gasteiger partial charge in [-0.05, 0) is 37.1 Å². The predicted molar refractivity (Wildman–Crippen MR) is 152 cm³/mol. The average molecular weight is 569 g/mol. The molecule has 1 unspecified atom stereocenters. The van der Waals surface area contributed by atoms with Gasteiger partial charge >= 0.3 is 5.97 Å². The molecule has 3 aromatic heterocycles.